The lowest BCUT2D eigenvalue weighted by Gasteiger charge is -2.09. The Kier molecular flexibility index (Phi) is 5.24. The van der Waals surface area contributed by atoms with E-state index in [0.29, 0.717) is 10.2 Å². The van der Waals surface area contributed by atoms with Crippen molar-refractivity contribution < 1.29 is 8.42 Å². The summed E-state index contributed by atoms with van der Waals surface area (Å²) in [5.74, 6) is 0. The summed E-state index contributed by atoms with van der Waals surface area (Å²) in [7, 11) is -3.63. The molecule has 0 fully saturated rings. The number of nitrogens with one attached hydrogen (secondary N) is 1. The van der Waals surface area contributed by atoms with E-state index in [0.717, 1.165) is 18.4 Å². The van der Waals surface area contributed by atoms with Crippen LogP contribution in [0.4, 0.5) is 5.69 Å². The van der Waals surface area contributed by atoms with Crippen molar-refractivity contribution in [3.63, 3.8) is 0 Å². The fourth-order valence-corrected chi connectivity index (χ4v) is 3.30. The van der Waals surface area contributed by atoms with E-state index >= 15 is 0 Å². The van der Waals surface area contributed by atoms with Crippen LogP contribution in [0.3, 0.4) is 0 Å². The Balaban J connectivity index is 2.23. The van der Waals surface area contributed by atoms with E-state index in [-0.39, 0.29) is 10.0 Å². The van der Waals surface area contributed by atoms with Crippen molar-refractivity contribution in [3.05, 3.63) is 51.7 Å². The summed E-state index contributed by atoms with van der Waals surface area (Å²) in [6, 6.07) is 8.43. The summed E-state index contributed by atoms with van der Waals surface area (Å²) in [5, 5.41) is 0.280. The Bertz CT molecular complexity index is 733. The highest BCUT2D eigenvalue weighted by molar-refractivity contribution is 9.10. The summed E-state index contributed by atoms with van der Waals surface area (Å²) in [4.78, 5) is 4.10. The first-order chi connectivity index (χ1) is 9.92. The van der Waals surface area contributed by atoms with E-state index in [1.807, 2.05) is 12.1 Å². The third kappa shape index (κ3) is 4.18. The lowest BCUT2D eigenvalue weighted by atomic mass is 10.1. The van der Waals surface area contributed by atoms with Crippen LogP contribution in [-0.2, 0) is 16.4 Å². The second kappa shape index (κ2) is 6.77. The molecule has 0 atom stereocenters. The number of benzene rings is 1. The lowest BCUT2D eigenvalue weighted by Crippen LogP contribution is -2.13. The smallest absolute Gasteiger partial charge is 0.261 e. The van der Waals surface area contributed by atoms with Gasteiger partial charge in [-0.3, -0.25) is 4.72 Å². The van der Waals surface area contributed by atoms with Gasteiger partial charge in [0.15, 0.2) is 0 Å². The summed E-state index contributed by atoms with van der Waals surface area (Å²) < 4.78 is 27.6. The van der Waals surface area contributed by atoms with Crippen LogP contribution in [0.2, 0.25) is 5.15 Å². The molecular formula is C14H14BrClN2O2S. The molecule has 1 aromatic carbocycles. The van der Waals surface area contributed by atoms with Crippen molar-refractivity contribution in [1.29, 1.82) is 0 Å². The predicted octanol–water partition coefficient (Wildman–Crippen LogP) is 4.25. The van der Waals surface area contributed by atoms with Crippen molar-refractivity contribution in [2.24, 2.45) is 0 Å². The van der Waals surface area contributed by atoms with Crippen molar-refractivity contribution in [3.8, 4) is 0 Å². The molecule has 0 aliphatic carbocycles. The average Bonchev–Trinajstić information content (AvgIpc) is 2.44. The third-order valence-corrected chi connectivity index (χ3v) is 5.35. The number of aromatic nitrogens is 1. The van der Waals surface area contributed by atoms with Gasteiger partial charge in [-0.1, -0.05) is 37.1 Å². The Morgan fingerprint density at radius 2 is 1.95 bits per heavy atom. The molecule has 0 bridgehead atoms. The molecule has 1 aromatic heterocycles. The van der Waals surface area contributed by atoms with E-state index < -0.39 is 10.0 Å². The van der Waals surface area contributed by atoms with Gasteiger partial charge >= 0.3 is 0 Å². The predicted molar refractivity (Wildman–Crippen MR) is 88.2 cm³/mol. The fraction of sp³-hybridized carbons (Fsp3) is 0.214. The molecule has 7 heteroatoms. The molecular weight excluding hydrogens is 376 g/mol. The highest BCUT2D eigenvalue weighted by atomic mass is 79.9. The van der Waals surface area contributed by atoms with Crippen LogP contribution < -0.4 is 4.72 Å². The maximum absolute atomic E-state index is 12.3. The highest BCUT2D eigenvalue weighted by Crippen LogP contribution is 2.24. The van der Waals surface area contributed by atoms with Crippen molar-refractivity contribution in [2.45, 2.75) is 24.7 Å². The zero-order chi connectivity index (χ0) is 15.5. The standard InChI is InChI=1S/C14H14BrClN2O2S/c1-2-3-10-4-6-12(7-5-10)21(19,20)18-11-8-13(15)14(16)17-9-11/h4-9,18H,2-3H2,1H3. The van der Waals surface area contributed by atoms with E-state index in [1.54, 1.807) is 18.2 Å². The molecule has 2 aromatic rings. The molecule has 2 rings (SSSR count). The van der Waals surface area contributed by atoms with Gasteiger partial charge in [0.25, 0.3) is 10.0 Å². The monoisotopic (exact) mass is 388 g/mol. The number of rotatable bonds is 5. The Hall–Kier alpha value is -1.11. The first kappa shape index (κ1) is 16.3. The van der Waals surface area contributed by atoms with Crippen molar-refractivity contribution in [1.82, 2.24) is 4.98 Å². The molecule has 4 nitrogen and oxygen atoms in total. The molecule has 1 heterocycles. The summed E-state index contributed by atoms with van der Waals surface area (Å²) >= 11 is 8.99. The topological polar surface area (TPSA) is 59.1 Å². The molecule has 0 aliphatic rings. The molecule has 1 N–H and O–H groups in total. The third-order valence-electron chi connectivity index (χ3n) is 2.82. The molecule has 0 radical (unpaired) electrons. The zero-order valence-corrected chi connectivity index (χ0v) is 14.5. The van der Waals surface area contributed by atoms with Crippen LogP contribution in [0, 0.1) is 0 Å². The molecule has 0 saturated heterocycles. The quantitative estimate of drug-likeness (QED) is 0.778. The number of pyridine rings is 1. The second-order valence-electron chi connectivity index (χ2n) is 4.50. The maximum atomic E-state index is 12.3. The normalized spacial score (nSPS) is 11.4. The number of halogens is 2. The fourth-order valence-electron chi connectivity index (χ4n) is 1.82. The van der Waals surface area contributed by atoms with Crippen LogP contribution in [-0.4, -0.2) is 13.4 Å². The molecule has 0 saturated carbocycles. The largest absolute Gasteiger partial charge is 0.278 e. The van der Waals surface area contributed by atoms with Crippen molar-refractivity contribution >= 4 is 43.2 Å². The summed E-state index contributed by atoms with van der Waals surface area (Å²) in [6.45, 7) is 2.08. The molecule has 112 valence electrons. The lowest BCUT2D eigenvalue weighted by molar-refractivity contribution is 0.601. The number of hydrogen-bond donors (Lipinski definition) is 1. The first-order valence-corrected chi connectivity index (χ1v) is 9.00. The first-order valence-electron chi connectivity index (χ1n) is 6.35. The SMILES string of the molecule is CCCc1ccc(S(=O)(=O)Nc2cnc(Cl)c(Br)c2)cc1. The van der Waals surface area contributed by atoms with Gasteiger partial charge in [0.2, 0.25) is 0 Å². The second-order valence-corrected chi connectivity index (χ2v) is 7.39. The van der Waals surface area contributed by atoms with Gasteiger partial charge in [-0.15, -0.1) is 0 Å². The van der Waals surface area contributed by atoms with Crippen LogP contribution >= 0.6 is 27.5 Å². The minimum atomic E-state index is -3.63. The molecule has 0 aliphatic heterocycles. The Morgan fingerprint density at radius 1 is 1.29 bits per heavy atom. The Morgan fingerprint density at radius 3 is 2.52 bits per heavy atom. The van der Waals surface area contributed by atoms with Crippen LogP contribution in [0.15, 0.2) is 45.9 Å². The van der Waals surface area contributed by atoms with Gasteiger partial charge in [-0.05, 0) is 46.1 Å². The number of aryl methyl sites for hydroxylation is 1. The van der Waals surface area contributed by atoms with E-state index in [1.165, 1.54) is 6.20 Å². The number of anilines is 1. The van der Waals surface area contributed by atoms with Gasteiger partial charge in [-0.2, -0.15) is 0 Å². The minimum absolute atomic E-state index is 0.216. The zero-order valence-electron chi connectivity index (χ0n) is 11.3. The van der Waals surface area contributed by atoms with Crippen LogP contribution in [0.25, 0.3) is 0 Å². The number of sulfonamides is 1. The minimum Gasteiger partial charge on any atom is -0.278 e. The van der Waals surface area contributed by atoms with Gasteiger partial charge in [0, 0.05) is 0 Å². The van der Waals surface area contributed by atoms with Crippen molar-refractivity contribution in [2.75, 3.05) is 4.72 Å². The summed E-state index contributed by atoms with van der Waals surface area (Å²) in [5.41, 5.74) is 1.47. The van der Waals surface area contributed by atoms with E-state index in [2.05, 4.69) is 32.6 Å². The molecule has 21 heavy (non-hydrogen) atoms. The van der Waals surface area contributed by atoms with Crippen LogP contribution in [0.5, 0.6) is 0 Å². The van der Waals surface area contributed by atoms with Gasteiger partial charge in [-0.25, -0.2) is 13.4 Å². The van der Waals surface area contributed by atoms with Gasteiger partial charge in [0.05, 0.1) is 21.3 Å². The van der Waals surface area contributed by atoms with Gasteiger partial charge in [0.1, 0.15) is 5.15 Å². The molecule has 0 unspecified atom stereocenters. The highest BCUT2D eigenvalue weighted by Gasteiger charge is 2.14. The molecule has 0 spiro atoms. The van der Waals surface area contributed by atoms with E-state index in [9.17, 15) is 8.42 Å². The maximum Gasteiger partial charge on any atom is 0.261 e. The average molecular weight is 390 g/mol. The van der Waals surface area contributed by atoms with Crippen LogP contribution in [0.1, 0.15) is 18.9 Å². The number of hydrogen-bond acceptors (Lipinski definition) is 3. The van der Waals surface area contributed by atoms with Gasteiger partial charge < -0.3 is 0 Å². The Labute approximate surface area is 137 Å². The number of nitrogens with zero attached hydrogens (tertiary/aromatic N) is 1. The van der Waals surface area contributed by atoms with E-state index in [4.69, 9.17) is 11.6 Å². The summed E-state index contributed by atoms with van der Waals surface area (Å²) in [6.07, 6.45) is 3.33. The molecule has 0 amide bonds.